The van der Waals surface area contributed by atoms with Crippen molar-refractivity contribution in [2.75, 3.05) is 24.6 Å². The van der Waals surface area contributed by atoms with Crippen molar-refractivity contribution in [2.45, 2.75) is 64.6 Å². The maximum absolute atomic E-state index is 11.9. The highest BCUT2D eigenvalue weighted by molar-refractivity contribution is 7.91. The van der Waals surface area contributed by atoms with E-state index in [0.29, 0.717) is 29.5 Å². The van der Waals surface area contributed by atoms with Gasteiger partial charge in [0.25, 0.3) is 0 Å². The molecule has 2 fully saturated rings. The summed E-state index contributed by atoms with van der Waals surface area (Å²) in [6.45, 7) is 10.8. The van der Waals surface area contributed by atoms with Crippen molar-refractivity contribution in [1.82, 2.24) is 10.2 Å². The monoisotopic (exact) mass is 302 g/mol. The highest BCUT2D eigenvalue weighted by atomic mass is 32.2. The fraction of sp³-hybridized carbons (Fsp3) is 1.00. The Hall–Kier alpha value is -0.130. The Morgan fingerprint density at radius 2 is 2.10 bits per heavy atom. The molecule has 2 rings (SSSR count). The van der Waals surface area contributed by atoms with Crippen LogP contribution in [0.1, 0.15) is 47.0 Å². The number of hydrogen-bond donors (Lipinski definition) is 1. The van der Waals surface area contributed by atoms with Crippen molar-refractivity contribution in [3.63, 3.8) is 0 Å². The first kappa shape index (κ1) is 16.2. The van der Waals surface area contributed by atoms with E-state index in [9.17, 15) is 8.42 Å². The first-order valence-electron chi connectivity index (χ1n) is 8.02. The summed E-state index contributed by atoms with van der Waals surface area (Å²) in [5.74, 6) is 1.33. The van der Waals surface area contributed by atoms with Crippen molar-refractivity contribution in [1.29, 1.82) is 0 Å². The summed E-state index contributed by atoms with van der Waals surface area (Å²) in [6, 6.07) is 0.955. The molecule has 0 aliphatic carbocycles. The van der Waals surface area contributed by atoms with Gasteiger partial charge in [0.05, 0.1) is 11.5 Å². The standard InChI is InChI=1S/C15H30N2O2S/c1-5-12(3)14-10-17(13(6-2)9-16-14)15(4)7-8-20(18,19)11-15/h12-14,16H,5-11H2,1-4H3. The molecule has 0 aromatic carbocycles. The van der Waals surface area contributed by atoms with Crippen molar-refractivity contribution < 1.29 is 8.42 Å². The van der Waals surface area contributed by atoms with E-state index >= 15 is 0 Å². The molecule has 5 heteroatoms. The number of rotatable bonds is 4. The van der Waals surface area contributed by atoms with Gasteiger partial charge >= 0.3 is 0 Å². The molecule has 0 bridgehead atoms. The Kier molecular flexibility index (Phi) is 4.82. The number of nitrogens with one attached hydrogen (secondary N) is 1. The average molecular weight is 302 g/mol. The molecular formula is C15H30N2O2S. The summed E-state index contributed by atoms with van der Waals surface area (Å²) in [6.07, 6.45) is 3.03. The second kappa shape index (κ2) is 5.93. The molecule has 0 amide bonds. The first-order valence-corrected chi connectivity index (χ1v) is 9.84. The summed E-state index contributed by atoms with van der Waals surface area (Å²) in [4.78, 5) is 2.50. The van der Waals surface area contributed by atoms with Crippen LogP contribution in [0.25, 0.3) is 0 Å². The van der Waals surface area contributed by atoms with Crippen LogP contribution in [0.5, 0.6) is 0 Å². The van der Waals surface area contributed by atoms with E-state index in [-0.39, 0.29) is 5.54 Å². The van der Waals surface area contributed by atoms with Crippen molar-refractivity contribution in [3.8, 4) is 0 Å². The number of hydrogen-bond acceptors (Lipinski definition) is 4. The van der Waals surface area contributed by atoms with Gasteiger partial charge in [-0.05, 0) is 25.7 Å². The van der Waals surface area contributed by atoms with E-state index in [1.165, 1.54) is 0 Å². The molecule has 20 heavy (non-hydrogen) atoms. The lowest BCUT2D eigenvalue weighted by molar-refractivity contribution is 0.0223. The number of sulfone groups is 1. The van der Waals surface area contributed by atoms with Gasteiger partial charge in [-0.3, -0.25) is 4.90 Å². The highest BCUT2D eigenvalue weighted by Gasteiger charge is 2.46. The Labute approximate surface area is 124 Å². The predicted molar refractivity (Wildman–Crippen MR) is 83.7 cm³/mol. The van der Waals surface area contributed by atoms with E-state index in [2.05, 4.69) is 37.9 Å². The van der Waals surface area contributed by atoms with Crippen molar-refractivity contribution >= 4 is 9.84 Å². The summed E-state index contributed by atoms with van der Waals surface area (Å²) in [5.41, 5.74) is -0.159. The lowest BCUT2D eigenvalue weighted by Crippen LogP contribution is -2.65. The topological polar surface area (TPSA) is 49.4 Å². The quantitative estimate of drug-likeness (QED) is 0.858. The molecule has 2 saturated heterocycles. The maximum Gasteiger partial charge on any atom is 0.152 e. The molecule has 0 aromatic rings. The van der Waals surface area contributed by atoms with Crippen LogP contribution in [-0.2, 0) is 9.84 Å². The van der Waals surface area contributed by atoms with Crippen LogP contribution in [0.2, 0.25) is 0 Å². The third-order valence-corrected chi connectivity index (χ3v) is 7.32. The molecule has 0 spiro atoms. The Bertz CT molecular complexity index is 437. The van der Waals surface area contributed by atoms with E-state index in [0.717, 1.165) is 32.4 Å². The predicted octanol–water partition coefficient (Wildman–Crippen LogP) is 1.66. The first-order chi connectivity index (χ1) is 9.31. The van der Waals surface area contributed by atoms with Crippen LogP contribution in [0.3, 0.4) is 0 Å². The zero-order valence-corrected chi connectivity index (χ0v) is 14.2. The van der Waals surface area contributed by atoms with Crippen LogP contribution in [-0.4, -0.2) is 55.5 Å². The smallest absolute Gasteiger partial charge is 0.152 e. The van der Waals surface area contributed by atoms with Gasteiger partial charge in [-0.1, -0.05) is 27.2 Å². The van der Waals surface area contributed by atoms with E-state index in [1.807, 2.05) is 0 Å². The second-order valence-electron chi connectivity index (χ2n) is 6.95. The molecule has 2 heterocycles. The van der Waals surface area contributed by atoms with Gasteiger partial charge in [0.2, 0.25) is 0 Å². The molecule has 1 N–H and O–H groups in total. The molecule has 4 unspecified atom stereocenters. The zero-order valence-electron chi connectivity index (χ0n) is 13.4. The third kappa shape index (κ3) is 3.20. The van der Waals surface area contributed by atoms with Gasteiger partial charge in [-0.25, -0.2) is 8.42 Å². The van der Waals surface area contributed by atoms with Gasteiger partial charge in [0.15, 0.2) is 9.84 Å². The number of nitrogens with zero attached hydrogens (tertiary/aromatic N) is 1. The van der Waals surface area contributed by atoms with Gasteiger partial charge in [-0.2, -0.15) is 0 Å². The minimum absolute atomic E-state index is 0.159. The normalized spacial score (nSPS) is 39.8. The fourth-order valence-corrected chi connectivity index (χ4v) is 5.89. The van der Waals surface area contributed by atoms with Gasteiger partial charge < -0.3 is 5.32 Å². The van der Waals surface area contributed by atoms with E-state index in [1.54, 1.807) is 0 Å². The Balaban J connectivity index is 2.17. The number of piperazine rings is 1. The molecule has 0 saturated carbocycles. The van der Waals surface area contributed by atoms with Crippen LogP contribution >= 0.6 is 0 Å². The third-order valence-electron chi connectivity index (χ3n) is 5.43. The largest absolute Gasteiger partial charge is 0.311 e. The highest BCUT2D eigenvalue weighted by Crippen LogP contribution is 2.34. The average Bonchev–Trinajstić information content (AvgIpc) is 2.72. The van der Waals surface area contributed by atoms with Crippen molar-refractivity contribution in [3.05, 3.63) is 0 Å². The van der Waals surface area contributed by atoms with Crippen LogP contribution in [0.4, 0.5) is 0 Å². The molecule has 4 nitrogen and oxygen atoms in total. The lowest BCUT2D eigenvalue weighted by atomic mass is 9.89. The van der Waals surface area contributed by atoms with Crippen molar-refractivity contribution in [2.24, 2.45) is 5.92 Å². The van der Waals surface area contributed by atoms with Gasteiger partial charge in [0.1, 0.15) is 0 Å². The molecule has 2 aliphatic rings. The van der Waals surface area contributed by atoms with E-state index < -0.39 is 9.84 Å². The summed E-state index contributed by atoms with van der Waals surface area (Å²) in [7, 11) is -2.84. The summed E-state index contributed by atoms with van der Waals surface area (Å²) >= 11 is 0. The summed E-state index contributed by atoms with van der Waals surface area (Å²) < 4.78 is 23.8. The minimum Gasteiger partial charge on any atom is -0.311 e. The second-order valence-corrected chi connectivity index (χ2v) is 9.14. The van der Waals surface area contributed by atoms with Gasteiger partial charge in [0, 0.05) is 30.7 Å². The van der Waals surface area contributed by atoms with Gasteiger partial charge in [-0.15, -0.1) is 0 Å². The Morgan fingerprint density at radius 3 is 2.60 bits per heavy atom. The molecule has 4 atom stereocenters. The summed E-state index contributed by atoms with van der Waals surface area (Å²) in [5, 5.41) is 3.67. The minimum atomic E-state index is -2.84. The lowest BCUT2D eigenvalue weighted by Gasteiger charge is -2.49. The molecule has 2 aliphatic heterocycles. The SMILES string of the molecule is CCC(C)C1CN(C2(C)CCS(=O)(=O)C2)C(CC)CN1. The maximum atomic E-state index is 11.9. The van der Waals surface area contributed by atoms with Crippen LogP contribution in [0.15, 0.2) is 0 Å². The van der Waals surface area contributed by atoms with Crippen LogP contribution < -0.4 is 5.32 Å². The molecular weight excluding hydrogens is 272 g/mol. The molecule has 0 radical (unpaired) electrons. The van der Waals surface area contributed by atoms with E-state index in [4.69, 9.17) is 0 Å². The zero-order chi connectivity index (χ0) is 15.0. The molecule has 118 valence electrons. The fourth-order valence-electron chi connectivity index (χ4n) is 3.73. The Morgan fingerprint density at radius 1 is 1.40 bits per heavy atom. The van der Waals surface area contributed by atoms with Crippen LogP contribution in [0, 0.1) is 5.92 Å². The molecule has 0 aromatic heterocycles.